The highest BCUT2D eigenvalue weighted by Gasteiger charge is 2.18. The Morgan fingerprint density at radius 3 is 2.56 bits per heavy atom. The molecule has 1 atom stereocenters. The molecule has 2 nitrogen and oxygen atoms in total. The highest BCUT2D eigenvalue weighted by Crippen LogP contribution is 2.26. The first-order chi connectivity index (χ1) is 8.51. The van der Waals surface area contributed by atoms with Crippen molar-refractivity contribution in [3.63, 3.8) is 0 Å². The molecule has 0 radical (unpaired) electrons. The maximum absolute atomic E-state index is 14.2. The molecule has 0 aliphatic rings. The molecule has 0 heterocycles. The number of ether oxygens (including phenoxy) is 1. The van der Waals surface area contributed by atoms with Crippen molar-refractivity contribution in [1.82, 2.24) is 0 Å². The molecule has 0 saturated carbocycles. The first-order valence-electron chi connectivity index (χ1n) is 6.46. The molecule has 1 aromatic carbocycles. The zero-order valence-electron chi connectivity index (χ0n) is 11.5. The molecule has 1 aromatic rings. The smallest absolute Gasteiger partial charge is 0.176 e. The molecule has 18 heavy (non-hydrogen) atoms. The number of hydrogen-bond acceptors (Lipinski definition) is 2. The molecule has 0 fully saturated rings. The summed E-state index contributed by atoms with van der Waals surface area (Å²) in [6, 6.07) is 3.42. The van der Waals surface area contributed by atoms with Gasteiger partial charge in [-0.3, -0.25) is 4.79 Å². The molecule has 100 valence electrons. The van der Waals surface area contributed by atoms with Crippen LogP contribution in [0.3, 0.4) is 0 Å². The van der Waals surface area contributed by atoms with Gasteiger partial charge in [-0.1, -0.05) is 26.3 Å². The van der Waals surface area contributed by atoms with Gasteiger partial charge in [-0.25, -0.2) is 4.39 Å². The molecule has 1 rings (SSSR count). The van der Waals surface area contributed by atoms with Gasteiger partial charge in [0.15, 0.2) is 17.3 Å². The summed E-state index contributed by atoms with van der Waals surface area (Å²) in [6.45, 7) is 7.76. The number of Topliss-reactive ketones (excluding diaryl/α,β-unsaturated/α-hetero) is 1. The molecule has 0 bridgehead atoms. The average Bonchev–Trinajstić information content (AvgIpc) is 2.32. The molecule has 0 amide bonds. The molecule has 0 N–H and O–H groups in total. The normalized spacial score (nSPS) is 12.3. The van der Waals surface area contributed by atoms with Gasteiger partial charge in [-0.15, -0.1) is 0 Å². The second-order valence-electron chi connectivity index (χ2n) is 4.62. The van der Waals surface area contributed by atoms with Crippen LogP contribution in [0.4, 0.5) is 4.39 Å². The van der Waals surface area contributed by atoms with Crippen molar-refractivity contribution in [3.8, 4) is 5.75 Å². The third-order valence-corrected chi connectivity index (χ3v) is 3.11. The van der Waals surface area contributed by atoms with Gasteiger partial charge in [0, 0.05) is 0 Å². The summed E-state index contributed by atoms with van der Waals surface area (Å²) in [7, 11) is 0. The van der Waals surface area contributed by atoms with Crippen LogP contribution in [0.25, 0.3) is 0 Å². The molecule has 0 aliphatic heterocycles. The van der Waals surface area contributed by atoms with E-state index in [2.05, 4.69) is 13.8 Å². The number of carbonyl (C=O) groups excluding carboxylic acids is 1. The standard InChI is InChI=1S/C15H21FO2/c1-5-10(3)9-12-7-8-13(18-6-2)15(16)14(12)11(4)17/h7-8,10H,5-6,9H2,1-4H3. The van der Waals surface area contributed by atoms with Crippen LogP contribution >= 0.6 is 0 Å². The summed E-state index contributed by atoms with van der Waals surface area (Å²) >= 11 is 0. The summed E-state index contributed by atoms with van der Waals surface area (Å²) in [4.78, 5) is 11.6. The highest BCUT2D eigenvalue weighted by molar-refractivity contribution is 5.96. The zero-order chi connectivity index (χ0) is 13.7. The highest BCUT2D eigenvalue weighted by atomic mass is 19.1. The van der Waals surface area contributed by atoms with Gasteiger partial charge < -0.3 is 4.74 Å². The minimum Gasteiger partial charge on any atom is -0.491 e. The Morgan fingerprint density at radius 2 is 2.06 bits per heavy atom. The maximum atomic E-state index is 14.2. The number of rotatable bonds is 6. The molecule has 0 saturated heterocycles. The Bertz CT molecular complexity index is 427. The number of ketones is 1. The lowest BCUT2D eigenvalue weighted by molar-refractivity contribution is 0.101. The largest absolute Gasteiger partial charge is 0.491 e. The Hall–Kier alpha value is -1.38. The Balaban J connectivity index is 3.19. The Kier molecular flexibility index (Phi) is 5.32. The third kappa shape index (κ3) is 3.31. The number of carbonyl (C=O) groups is 1. The SMILES string of the molecule is CCOc1ccc(CC(C)CC)c(C(C)=O)c1F. The van der Waals surface area contributed by atoms with E-state index in [4.69, 9.17) is 4.74 Å². The molecule has 0 aliphatic carbocycles. The minimum atomic E-state index is -0.523. The molecule has 0 aromatic heterocycles. The summed E-state index contributed by atoms with van der Waals surface area (Å²) in [5.41, 5.74) is 0.957. The fraction of sp³-hybridized carbons (Fsp3) is 0.533. The van der Waals surface area contributed by atoms with E-state index in [1.54, 1.807) is 19.1 Å². The number of hydrogen-bond donors (Lipinski definition) is 0. The van der Waals surface area contributed by atoms with Crippen molar-refractivity contribution < 1.29 is 13.9 Å². The second-order valence-corrected chi connectivity index (χ2v) is 4.62. The van der Waals surface area contributed by atoms with Gasteiger partial charge in [-0.2, -0.15) is 0 Å². The van der Waals surface area contributed by atoms with Crippen LogP contribution in [0, 0.1) is 11.7 Å². The van der Waals surface area contributed by atoms with Gasteiger partial charge in [-0.05, 0) is 37.8 Å². The van der Waals surface area contributed by atoms with E-state index in [0.717, 1.165) is 18.4 Å². The van der Waals surface area contributed by atoms with Crippen molar-refractivity contribution in [2.75, 3.05) is 6.61 Å². The lowest BCUT2D eigenvalue weighted by Gasteiger charge is -2.14. The minimum absolute atomic E-state index is 0.163. The predicted molar refractivity (Wildman–Crippen MR) is 70.7 cm³/mol. The van der Waals surface area contributed by atoms with E-state index in [-0.39, 0.29) is 17.1 Å². The monoisotopic (exact) mass is 252 g/mol. The van der Waals surface area contributed by atoms with Crippen LogP contribution in [0.2, 0.25) is 0 Å². The van der Waals surface area contributed by atoms with Crippen LogP contribution in [-0.4, -0.2) is 12.4 Å². The van der Waals surface area contributed by atoms with Gasteiger partial charge in [0.25, 0.3) is 0 Å². The van der Waals surface area contributed by atoms with E-state index < -0.39 is 5.82 Å². The van der Waals surface area contributed by atoms with Crippen molar-refractivity contribution in [3.05, 3.63) is 29.1 Å². The summed E-state index contributed by atoms with van der Waals surface area (Å²) in [5, 5.41) is 0. The van der Waals surface area contributed by atoms with E-state index in [1.807, 2.05) is 0 Å². The van der Waals surface area contributed by atoms with Crippen LogP contribution in [-0.2, 0) is 6.42 Å². The van der Waals surface area contributed by atoms with E-state index in [1.165, 1.54) is 6.92 Å². The van der Waals surface area contributed by atoms with Crippen molar-refractivity contribution >= 4 is 5.78 Å². The van der Waals surface area contributed by atoms with Gasteiger partial charge >= 0.3 is 0 Å². The lowest BCUT2D eigenvalue weighted by atomic mass is 9.93. The first kappa shape index (κ1) is 14.7. The molecule has 1 unspecified atom stereocenters. The Morgan fingerprint density at radius 1 is 1.39 bits per heavy atom. The summed E-state index contributed by atoms with van der Waals surface area (Å²) < 4.78 is 19.4. The molecule has 0 spiro atoms. The number of benzene rings is 1. The fourth-order valence-electron chi connectivity index (χ4n) is 1.93. The van der Waals surface area contributed by atoms with Crippen molar-refractivity contribution in [2.45, 2.75) is 40.5 Å². The second kappa shape index (κ2) is 6.53. The van der Waals surface area contributed by atoms with Crippen LogP contribution in [0.15, 0.2) is 12.1 Å². The average molecular weight is 252 g/mol. The van der Waals surface area contributed by atoms with Gasteiger partial charge in [0.1, 0.15) is 0 Å². The van der Waals surface area contributed by atoms with Crippen LogP contribution < -0.4 is 4.74 Å². The zero-order valence-corrected chi connectivity index (χ0v) is 11.5. The lowest BCUT2D eigenvalue weighted by Crippen LogP contribution is -2.09. The molecular weight excluding hydrogens is 231 g/mol. The third-order valence-electron chi connectivity index (χ3n) is 3.11. The van der Waals surface area contributed by atoms with Crippen LogP contribution in [0.1, 0.15) is 50.0 Å². The predicted octanol–water partition coefficient (Wildman–Crippen LogP) is 4.02. The summed E-state index contributed by atoms with van der Waals surface area (Å²) in [6.07, 6.45) is 1.72. The first-order valence-corrected chi connectivity index (χ1v) is 6.46. The van der Waals surface area contributed by atoms with Crippen molar-refractivity contribution in [1.29, 1.82) is 0 Å². The quantitative estimate of drug-likeness (QED) is 0.715. The summed E-state index contributed by atoms with van der Waals surface area (Å²) in [5.74, 6) is -0.173. The Labute approximate surface area is 108 Å². The number of halogens is 1. The van der Waals surface area contributed by atoms with Crippen LogP contribution in [0.5, 0.6) is 5.75 Å². The topological polar surface area (TPSA) is 26.3 Å². The van der Waals surface area contributed by atoms with E-state index in [0.29, 0.717) is 12.5 Å². The van der Waals surface area contributed by atoms with Gasteiger partial charge in [0.2, 0.25) is 0 Å². The van der Waals surface area contributed by atoms with E-state index in [9.17, 15) is 9.18 Å². The van der Waals surface area contributed by atoms with Crippen molar-refractivity contribution in [2.24, 2.45) is 5.92 Å². The molecular formula is C15H21FO2. The maximum Gasteiger partial charge on any atom is 0.176 e. The fourth-order valence-corrected chi connectivity index (χ4v) is 1.93. The van der Waals surface area contributed by atoms with Gasteiger partial charge in [0.05, 0.1) is 12.2 Å². The van der Waals surface area contributed by atoms with E-state index >= 15 is 0 Å². The molecule has 3 heteroatoms.